The quantitative estimate of drug-likeness (QED) is 0.824. The molecule has 6 heteroatoms. The Balaban J connectivity index is 1.92. The van der Waals surface area contributed by atoms with Crippen molar-refractivity contribution in [2.45, 2.75) is 44.0 Å². The van der Waals surface area contributed by atoms with Crippen LogP contribution in [0.3, 0.4) is 0 Å². The highest BCUT2D eigenvalue weighted by atomic mass is 32.2. The van der Waals surface area contributed by atoms with Crippen molar-refractivity contribution in [3.05, 3.63) is 12.2 Å². The number of piperidine rings is 1. The van der Waals surface area contributed by atoms with Crippen LogP contribution in [-0.2, 0) is 13.1 Å². The molecule has 0 spiro atoms. The van der Waals surface area contributed by atoms with Crippen molar-refractivity contribution < 1.29 is 0 Å². The molecule has 1 fully saturated rings. The molecule has 2 rings (SSSR count). The Morgan fingerprint density at radius 2 is 2.21 bits per heavy atom. The zero-order valence-corrected chi connectivity index (χ0v) is 12.5. The van der Waals surface area contributed by atoms with Crippen LogP contribution in [0.1, 0.15) is 32.0 Å². The van der Waals surface area contributed by atoms with E-state index in [1.807, 2.05) is 10.9 Å². The van der Waals surface area contributed by atoms with Crippen LogP contribution in [0.25, 0.3) is 0 Å². The van der Waals surface area contributed by atoms with E-state index >= 15 is 0 Å². The third kappa shape index (κ3) is 3.28. The minimum Gasteiger partial charge on any atom is -0.296 e. The van der Waals surface area contributed by atoms with Crippen LogP contribution in [-0.4, -0.2) is 43.8 Å². The lowest BCUT2D eigenvalue weighted by atomic mass is 9.97. The molecule has 19 heavy (non-hydrogen) atoms. The highest BCUT2D eigenvalue weighted by Gasteiger charge is 2.34. The van der Waals surface area contributed by atoms with Crippen LogP contribution in [0, 0.1) is 11.3 Å². The summed E-state index contributed by atoms with van der Waals surface area (Å²) >= 11 is 1.69. The van der Waals surface area contributed by atoms with E-state index in [9.17, 15) is 5.26 Å². The number of rotatable bonds is 5. The molecule has 0 atom stereocenters. The Kier molecular flexibility index (Phi) is 4.83. The van der Waals surface area contributed by atoms with Crippen LogP contribution in [0.2, 0.25) is 0 Å². The second-order valence-corrected chi connectivity index (χ2v) is 6.18. The van der Waals surface area contributed by atoms with Gasteiger partial charge in [-0.15, -0.1) is 11.8 Å². The molecule has 0 amide bonds. The fourth-order valence-corrected chi connectivity index (χ4v) is 3.13. The molecule has 0 saturated carbocycles. The third-order valence-electron chi connectivity index (χ3n) is 3.75. The summed E-state index contributed by atoms with van der Waals surface area (Å²) in [4.78, 5) is 6.72. The number of nitriles is 1. The van der Waals surface area contributed by atoms with Crippen molar-refractivity contribution in [2.75, 3.05) is 19.3 Å². The van der Waals surface area contributed by atoms with E-state index in [1.165, 1.54) is 0 Å². The summed E-state index contributed by atoms with van der Waals surface area (Å²) in [6, 6.07) is 2.48. The van der Waals surface area contributed by atoms with E-state index in [4.69, 9.17) is 0 Å². The Bertz CT molecular complexity index is 442. The summed E-state index contributed by atoms with van der Waals surface area (Å²) in [5, 5.41) is 13.5. The summed E-state index contributed by atoms with van der Waals surface area (Å²) in [6.07, 6.45) is 6.62. The summed E-state index contributed by atoms with van der Waals surface area (Å²) in [7, 11) is 0. The van der Waals surface area contributed by atoms with Gasteiger partial charge < -0.3 is 0 Å². The molecule has 1 saturated heterocycles. The molecule has 1 aliphatic heterocycles. The summed E-state index contributed by atoms with van der Waals surface area (Å²) in [6.45, 7) is 5.85. The maximum atomic E-state index is 9.28. The van der Waals surface area contributed by atoms with E-state index in [0.29, 0.717) is 0 Å². The van der Waals surface area contributed by atoms with Crippen molar-refractivity contribution >= 4 is 11.8 Å². The largest absolute Gasteiger partial charge is 0.296 e. The van der Waals surface area contributed by atoms with Crippen molar-refractivity contribution in [2.24, 2.45) is 0 Å². The molecule has 0 aliphatic carbocycles. The van der Waals surface area contributed by atoms with E-state index in [2.05, 4.69) is 28.0 Å². The van der Waals surface area contributed by atoms with Gasteiger partial charge in [-0.2, -0.15) is 10.4 Å². The van der Waals surface area contributed by atoms with E-state index in [0.717, 1.165) is 51.3 Å². The van der Waals surface area contributed by atoms with E-state index in [-0.39, 0.29) is 4.75 Å². The van der Waals surface area contributed by atoms with Crippen molar-refractivity contribution in [3.8, 4) is 6.07 Å². The van der Waals surface area contributed by atoms with Gasteiger partial charge in [0.25, 0.3) is 0 Å². The second-order valence-electron chi connectivity index (χ2n) is 4.99. The summed E-state index contributed by atoms with van der Waals surface area (Å²) < 4.78 is 1.81. The highest BCUT2D eigenvalue weighted by Crippen LogP contribution is 2.33. The Labute approximate surface area is 119 Å². The fraction of sp³-hybridized carbons (Fsp3) is 0.769. The average Bonchev–Trinajstić information content (AvgIpc) is 2.88. The topological polar surface area (TPSA) is 57.7 Å². The number of aromatic nitrogens is 3. The monoisotopic (exact) mass is 279 g/mol. The predicted octanol–water partition coefficient (Wildman–Crippen LogP) is 1.91. The van der Waals surface area contributed by atoms with Crippen LogP contribution in [0.5, 0.6) is 0 Å². The zero-order chi connectivity index (χ0) is 13.7. The van der Waals surface area contributed by atoms with Crippen LogP contribution in [0.15, 0.2) is 6.33 Å². The predicted molar refractivity (Wildman–Crippen MR) is 76.7 cm³/mol. The molecule has 0 unspecified atom stereocenters. The molecule has 1 aromatic heterocycles. The molecule has 0 bridgehead atoms. The van der Waals surface area contributed by atoms with Crippen molar-refractivity contribution in [1.29, 1.82) is 5.26 Å². The van der Waals surface area contributed by atoms with Gasteiger partial charge in [0.2, 0.25) is 0 Å². The Morgan fingerprint density at radius 3 is 2.79 bits per heavy atom. The molecule has 2 heterocycles. The maximum Gasteiger partial charge on any atom is 0.141 e. The van der Waals surface area contributed by atoms with Gasteiger partial charge in [-0.3, -0.25) is 4.90 Å². The molecular weight excluding hydrogens is 258 g/mol. The number of aryl methyl sites for hydroxylation is 1. The van der Waals surface area contributed by atoms with Gasteiger partial charge in [0.15, 0.2) is 0 Å². The molecular formula is C13H21N5S. The second kappa shape index (κ2) is 6.40. The first-order valence-electron chi connectivity index (χ1n) is 6.78. The summed E-state index contributed by atoms with van der Waals surface area (Å²) in [5.74, 6) is 1.04. The van der Waals surface area contributed by atoms with Crippen LogP contribution in [0.4, 0.5) is 0 Å². The molecule has 1 aromatic rings. The molecule has 0 radical (unpaired) electrons. The highest BCUT2D eigenvalue weighted by molar-refractivity contribution is 8.00. The van der Waals surface area contributed by atoms with Gasteiger partial charge in [-0.25, -0.2) is 9.67 Å². The number of hydrogen-bond acceptors (Lipinski definition) is 5. The zero-order valence-electron chi connectivity index (χ0n) is 11.7. The Hall–Kier alpha value is -1.06. The number of hydrogen-bond donors (Lipinski definition) is 0. The van der Waals surface area contributed by atoms with E-state index in [1.54, 1.807) is 18.1 Å². The lowest BCUT2D eigenvalue weighted by Gasteiger charge is -2.35. The standard InChI is InChI=1S/C13H21N5S/c1-3-6-18-12(15-11-16-18)9-17-7-4-13(10-14,19-2)5-8-17/h11H,3-9H2,1-2H3. The summed E-state index contributed by atoms with van der Waals surface area (Å²) in [5.41, 5.74) is 0. The number of likely N-dealkylation sites (tertiary alicyclic amines) is 1. The third-order valence-corrected chi connectivity index (χ3v) is 5.04. The smallest absolute Gasteiger partial charge is 0.141 e. The van der Waals surface area contributed by atoms with Gasteiger partial charge in [0.05, 0.1) is 12.6 Å². The first-order valence-corrected chi connectivity index (χ1v) is 8.01. The van der Waals surface area contributed by atoms with Gasteiger partial charge >= 0.3 is 0 Å². The molecule has 5 nitrogen and oxygen atoms in total. The molecule has 1 aliphatic rings. The van der Waals surface area contributed by atoms with Gasteiger partial charge in [-0.05, 0) is 25.5 Å². The lowest BCUT2D eigenvalue weighted by Crippen LogP contribution is -2.41. The molecule has 104 valence electrons. The van der Waals surface area contributed by atoms with Crippen LogP contribution < -0.4 is 0 Å². The Morgan fingerprint density at radius 1 is 1.47 bits per heavy atom. The maximum absolute atomic E-state index is 9.28. The van der Waals surface area contributed by atoms with Crippen molar-refractivity contribution in [3.63, 3.8) is 0 Å². The van der Waals surface area contributed by atoms with E-state index < -0.39 is 0 Å². The molecule has 0 aromatic carbocycles. The molecule has 0 N–H and O–H groups in total. The average molecular weight is 279 g/mol. The number of thioether (sulfide) groups is 1. The lowest BCUT2D eigenvalue weighted by molar-refractivity contribution is 0.201. The van der Waals surface area contributed by atoms with Gasteiger partial charge in [-0.1, -0.05) is 6.92 Å². The number of nitrogens with zero attached hydrogens (tertiary/aromatic N) is 5. The SMILES string of the molecule is CCCn1ncnc1CN1CCC(C#N)(SC)CC1. The van der Waals surface area contributed by atoms with Crippen molar-refractivity contribution in [1.82, 2.24) is 19.7 Å². The van der Waals surface area contributed by atoms with Crippen LogP contribution >= 0.6 is 11.8 Å². The minimum atomic E-state index is -0.173. The first kappa shape index (κ1) is 14.4. The van der Waals surface area contributed by atoms with Gasteiger partial charge in [0.1, 0.15) is 16.9 Å². The normalized spacial score (nSPS) is 19.2. The van der Waals surface area contributed by atoms with Gasteiger partial charge in [0, 0.05) is 19.6 Å². The first-order chi connectivity index (χ1) is 9.23. The fourth-order valence-electron chi connectivity index (χ4n) is 2.44. The minimum absolute atomic E-state index is 0.173.